The predicted molar refractivity (Wildman–Crippen MR) is 72.9 cm³/mol. The van der Waals surface area contributed by atoms with Crippen molar-refractivity contribution in [2.75, 3.05) is 24.5 Å². The second-order valence-corrected chi connectivity index (χ2v) is 5.66. The maximum atomic E-state index is 6.34. The van der Waals surface area contributed by atoms with Crippen molar-refractivity contribution in [2.45, 2.75) is 25.8 Å². The minimum absolute atomic E-state index is 0.666. The highest BCUT2D eigenvalue weighted by molar-refractivity contribution is 6.33. The molecule has 1 aromatic carbocycles. The summed E-state index contributed by atoms with van der Waals surface area (Å²) in [6, 6.07) is 6.84. The van der Waals surface area contributed by atoms with Gasteiger partial charge in [-0.15, -0.1) is 0 Å². The van der Waals surface area contributed by atoms with E-state index in [1.165, 1.54) is 24.1 Å². The molecular formula is C14H19ClN2. The molecule has 3 heteroatoms. The first-order chi connectivity index (χ1) is 8.25. The second kappa shape index (κ2) is 4.51. The van der Waals surface area contributed by atoms with Crippen molar-refractivity contribution >= 4 is 17.3 Å². The Morgan fingerprint density at radius 2 is 2.18 bits per heavy atom. The fourth-order valence-corrected chi connectivity index (χ4v) is 3.16. The van der Waals surface area contributed by atoms with E-state index in [9.17, 15) is 0 Å². The van der Waals surface area contributed by atoms with Gasteiger partial charge in [0.25, 0.3) is 0 Å². The molecule has 1 heterocycles. The van der Waals surface area contributed by atoms with Crippen molar-refractivity contribution in [3.63, 3.8) is 0 Å². The predicted octanol–water partition coefficient (Wildman–Crippen LogP) is 2.84. The van der Waals surface area contributed by atoms with Gasteiger partial charge in [-0.25, -0.2) is 0 Å². The van der Waals surface area contributed by atoms with Gasteiger partial charge in [0.05, 0.1) is 10.7 Å². The quantitative estimate of drug-likeness (QED) is 0.869. The van der Waals surface area contributed by atoms with Gasteiger partial charge in [0.2, 0.25) is 0 Å². The fraction of sp³-hybridized carbons (Fsp3) is 0.571. The lowest BCUT2D eigenvalue weighted by Gasteiger charge is -2.36. The first-order valence-corrected chi connectivity index (χ1v) is 6.87. The van der Waals surface area contributed by atoms with Crippen LogP contribution in [0.4, 0.5) is 5.69 Å². The average molecular weight is 251 g/mol. The Morgan fingerprint density at radius 1 is 1.35 bits per heavy atom. The van der Waals surface area contributed by atoms with Crippen LogP contribution in [-0.4, -0.2) is 25.7 Å². The van der Waals surface area contributed by atoms with E-state index < -0.39 is 0 Å². The highest BCUT2D eigenvalue weighted by atomic mass is 35.5. The van der Waals surface area contributed by atoms with Crippen molar-refractivity contribution in [1.29, 1.82) is 0 Å². The highest BCUT2D eigenvalue weighted by Gasteiger charge is 2.34. The minimum Gasteiger partial charge on any atom is -0.367 e. The third-order valence-electron chi connectivity index (χ3n) is 3.90. The molecule has 1 N–H and O–H groups in total. The lowest BCUT2D eigenvalue weighted by Crippen LogP contribution is -2.52. The first kappa shape index (κ1) is 11.4. The van der Waals surface area contributed by atoms with Gasteiger partial charge in [-0.2, -0.15) is 0 Å². The van der Waals surface area contributed by atoms with E-state index in [2.05, 4.69) is 23.2 Å². The van der Waals surface area contributed by atoms with Crippen LogP contribution in [0.3, 0.4) is 0 Å². The maximum Gasteiger partial charge on any atom is 0.0642 e. The third kappa shape index (κ3) is 2.29. The summed E-state index contributed by atoms with van der Waals surface area (Å²) in [5.74, 6) is 0.903. The Kier molecular flexibility index (Phi) is 3.01. The molecule has 1 aliphatic carbocycles. The number of halogens is 1. The molecule has 1 atom stereocenters. The fourth-order valence-electron chi connectivity index (χ4n) is 2.82. The van der Waals surface area contributed by atoms with Crippen LogP contribution in [0.25, 0.3) is 0 Å². The number of aryl methyl sites for hydroxylation is 1. The van der Waals surface area contributed by atoms with Crippen LogP contribution in [0.1, 0.15) is 18.4 Å². The number of nitrogens with one attached hydrogen (secondary N) is 1. The number of para-hydroxylation sites is 1. The molecule has 1 aliphatic heterocycles. The average Bonchev–Trinajstić information content (AvgIpc) is 3.13. The monoisotopic (exact) mass is 250 g/mol. The number of piperazine rings is 1. The molecule has 0 spiro atoms. The van der Waals surface area contributed by atoms with Gasteiger partial charge in [-0.1, -0.05) is 23.7 Å². The van der Waals surface area contributed by atoms with Crippen LogP contribution >= 0.6 is 11.6 Å². The van der Waals surface area contributed by atoms with Gasteiger partial charge in [-0.05, 0) is 37.3 Å². The Balaban J connectivity index is 1.82. The van der Waals surface area contributed by atoms with E-state index in [0.717, 1.165) is 30.6 Å². The van der Waals surface area contributed by atoms with Crippen molar-refractivity contribution in [3.05, 3.63) is 28.8 Å². The molecule has 1 aromatic rings. The van der Waals surface area contributed by atoms with Gasteiger partial charge in [0.15, 0.2) is 0 Å². The molecule has 17 heavy (non-hydrogen) atoms. The van der Waals surface area contributed by atoms with Crippen LogP contribution in [0.5, 0.6) is 0 Å². The van der Waals surface area contributed by atoms with Crippen LogP contribution in [0, 0.1) is 12.8 Å². The van der Waals surface area contributed by atoms with Gasteiger partial charge in [-0.3, -0.25) is 0 Å². The Labute approximate surface area is 108 Å². The van der Waals surface area contributed by atoms with Gasteiger partial charge < -0.3 is 10.2 Å². The number of anilines is 1. The van der Waals surface area contributed by atoms with E-state index >= 15 is 0 Å². The standard InChI is InChI=1S/C14H19ClN2/c1-10-3-2-4-12(15)14(10)17-8-7-16-13(9-17)11-5-6-11/h2-4,11,13,16H,5-9H2,1H3. The largest absolute Gasteiger partial charge is 0.367 e. The summed E-state index contributed by atoms with van der Waals surface area (Å²) in [6.45, 7) is 5.39. The van der Waals surface area contributed by atoms with Crippen LogP contribution < -0.4 is 10.2 Å². The van der Waals surface area contributed by atoms with Gasteiger partial charge >= 0.3 is 0 Å². The van der Waals surface area contributed by atoms with Crippen LogP contribution in [0.2, 0.25) is 5.02 Å². The second-order valence-electron chi connectivity index (χ2n) is 5.25. The summed E-state index contributed by atoms with van der Waals surface area (Å²) in [6.07, 6.45) is 2.79. The van der Waals surface area contributed by atoms with Gasteiger partial charge in [0, 0.05) is 25.7 Å². The summed E-state index contributed by atoms with van der Waals surface area (Å²) >= 11 is 6.34. The van der Waals surface area contributed by atoms with Crippen molar-refractivity contribution in [2.24, 2.45) is 5.92 Å². The van der Waals surface area contributed by atoms with E-state index in [1.807, 2.05) is 12.1 Å². The SMILES string of the molecule is Cc1cccc(Cl)c1N1CCNC(C2CC2)C1. The van der Waals surface area contributed by atoms with Crippen molar-refractivity contribution < 1.29 is 0 Å². The van der Waals surface area contributed by atoms with E-state index in [0.29, 0.717) is 6.04 Å². The Morgan fingerprint density at radius 3 is 2.88 bits per heavy atom. The lowest BCUT2D eigenvalue weighted by molar-refractivity contribution is 0.418. The summed E-state index contributed by atoms with van der Waals surface area (Å²) in [5.41, 5.74) is 2.52. The maximum absolute atomic E-state index is 6.34. The normalized spacial score (nSPS) is 25.1. The molecule has 2 nitrogen and oxygen atoms in total. The molecule has 0 aromatic heterocycles. The van der Waals surface area contributed by atoms with Crippen LogP contribution in [0.15, 0.2) is 18.2 Å². The van der Waals surface area contributed by atoms with Crippen molar-refractivity contribution in [3.8, 4) is 0 Å². The number of benzene rings is 1. The van der Waals surface area contributed by atoms with E-state index in [1.54, 1.807) is 0 Å². The summed E-state index contributed by atoms with van der Waals surface area (Å²) in [4.78, 5) is 2.46. The van der Waals surface area contributed by atoms with E-state index in [4.69, 9.17) is 11.6 Å². The summed E-state index contributed by atoms with van der Waals surface area (Å²) < 4.78 is 0. The molecule has 0 bridgehead atoms. The summed E-state index contributed by atoms with van der Waals surface area (Å²) in [5, 5.41) is 4.53. The zero-order valence-electron chi connectivity index (χ0n) is 10.2. The summed E-state index contributed by atoms with van der Waals surface area (Å²) in [7, 11) is 0. The Hall–Kier alpha value is -0.730. The first-order valence-electron chi connectivity index (χ1n) is 6.49. The number of nitrogens with zero attached hydrogens (tertiary/aromatic N) is 1. The molecule has 0 radical (unpaired) electrons. The molecule has 1 unspecified atom stereocenters. The third-order valence-corrected chi connectivity index (χ3v) is 4.21. The molecule has 0 amide bonds. The zero-order chi connectivity index (χ0) is 11.8. The van der Waals surface area contributed by atoms with Crippen LogP contribution in [-0.2, 0) is 0 Å². The minimum atomic E-state index is 0.666. The number of hydrogen-bond acceptors (Lipinski definition) is 2. The number of hydrogen-bond donors (Lipinski definition) is 1. The molecule has 1 saturated heterocycles. The molecule has 2 fully saturated rings. The molecule has 1 saturated carbocycles. The molecule has 2 aliphatic rings. The Bertz CT molecular complexity index is 394. The van der Waals surface area contributed by atoms with E-state index in [-0.39, 0.29) is 0 Å². The topological polar surface area (TPSA) is 15.3 Å². The number of rotatable bonds is 2. The lowest BCUT2D eigenvalue weighted by atomic mass is 10.1. The highest BCUT2D eigenvalue weighted by Crippen LogP contribution is 2.36. The molecular weight excluding hydrogens is 232 g/mol. The zero-order valence-corrected chi connectivity index (χ0v) is 11.0. The molecule has 92 valence electrons. The smallest absolute Gasteiger partial charge is 0.0642 e. The molecule has 3 rings (SSSR count). The van der Waals surface area contributed by atoms with Gasteiger partial charge in [0.1, 0.15) is 0 Å². The van der Waals surface area contributed by atoms with Crippen molar-refractivity contribution in [1.82, 2.24) is 5.32 Å².